The quantitative estimate of drug-likeness (QED) is 0.0146. The van der Waals surface area contributed by atoms with Crippen molar-refractivity contribution in [3.8, 4) is 0 Å². The van der Waals surface area contributed by atoms with E-state index in [1.54, 1.807) is 0 Å². The van der Waals surface area contributed by atoms with E-state index in [0.29, 0.717) is 19.3 Å². The van der Waals surface area contributed by atoms with Crippen LogP contribution in [0.3, 0.4) is 0 Å². The third-order valence-corrected chi connectivity index (χ3v) is 21.5. The van der Waals surface area contributed by atoms with Crippen LogP contribution in [0, 0.1) is 0 Å². The van der Waals surface area contributed by atoms with Crippen molar-refractivity contribution in [2.24, 2.45) is 0 Å². The molecule has 0 heterocycles. The Kier molecular flexibility index (Phi) is 87.7. The number of rotatable bonds is 88. The highest BCUT2D eigenvalue weighted by Crippen LogP contribution is 2.45. The van der Waals surface area contributed by atoms with Crippen molar-refractivity contribution in [2.45, 2.75) is 399 Å². The van der Waals surface area contributed by atoms with Crippen molar-refractivity contribution in [3.05, 3.63) is 182 Å². The van der Waals surface area contributed by atoms with Crippen LogP contribution in [-0.2, 0) is 55.8 Å². The number of aliphatic hydroxyl groups excluding tert-OH is 2. The van der Waals surface area contributed by atoms with E-state index < -0.39 is 91.5 Å². The number of aliphatic hydroxyl groups is 2. The molecule has 16 nitrogen and oxygen atoms in total. The van der Waals surface area contributed by atoms with Crippen LogP contribution in [0.2, 0.25) is 0 Å². The minimum atomic E-state index is -4.95. The molecule has 0 saturated heterocycles. The molecule has 18 heteroatoms. The Balaban J connectivity index is 4.67. The van der Waals surface area contributed by atoms with Gasteiger partial charge in [-0.3, -0.25) is 32.5 Å². The first-order valence-corrected chi connectivity index (χ1v) is 50.1. The maximum atomic E-state index is 13.1. The zero-order valence-corrected chi connectivity index (χ0v) is 76.8. The van der Waals surface area contributed by atoms with Crippen LogP contribution in [0.25, 0.3) is 0 Å². The lowest BCUT2D eigenvalue weighted by atomic mass is 10.0. The molecule has 0 aliphatic carbocycles. The first-order valence-electron chi connectivity index (χ1n) is 47.1. The molecule has 0 radical (unpaired) electrons. The van der Waals surface area contributed by atoms with Gasteiger partial charge in [-0.1, -0.05) is 383 Å². The lowest BCUT2D eigenvalue weighted by molar-refractivity contribution is -0.161. The van der Waals surface area contributed by atoms with E-state index in [-0.39, 0.29) is 19.3 Å². The van der Waals surface area contributed by atoms with Crippen molar-refractivity contribution in [1.82, 2.24) is 0 Å². The molecule has 0 aromatic carbocycles. The van der Waals surface area contributed by atoms with Gasteiger partial charge in [0.2, 0.25) is 0 Å². The Morgan fingerprint density at radius 1 is 0.244 bits per heavy atom. The summed E-state index contributed by atoms with van der Waals surface area (Å²) < 4.78 is 61.6. The van der Waals surface area contributed by atoms with Gasteiger partial charge in [-0.05, 0) is 161 Å². The molecular weight excluding hydrogens is 1530 g/mol. The predicted molar refractivity (Wildman–Crippen MR) is 500 cm³/mol. The van der Waals surface area contributed by atoms with Gasteiger partial charge in [0.05, 0.1) is 26.4 Å². The maximum Gasteiger partial charge on any atom is 0.472 e. The van der Waals surface area contributed by atoms with Gasteiger partial charge in [0.1, 0.15) is 25.4 Å². The van der Waals surface area contributed by atoms with E-state index in [0.717, 1.165) is 186 Å². The van der Waals surface area contributed by atoms with Crippen LogP contribution in [0.5, 0.6) is 0 Å². The summed E-state index contributed by atoms with van der Waals surface area (Å²) in [4.78, 5) is 59.1. The Bertz CT molecular complexity index is 2890. The Morgan fingerprint density at radius 3 is 0.706 bits per heavy atom. The molecule has 0 rings (SSSR count). The summed E-state index contributed by atoms with van der Waals surface area (Å²) in [5.74, 6) is -1.58. The monoisotopic (exact) mass is 1700 g/mol. The van der Waals surface area contributed by atoms with Gasteiger partial charge in [-0.25, -0.2) is 9.13 Å². The summed E-state index contributed by atoms with van der Waals surface area (Å²) >= 11 is 0. The molecule has 680 valence electrons. The molecular formula is C101H170O16P2. The fourth-order valence-electron chi connectivity index (χ4n) is 12.5. The number of phosphoric acid groups is 2. The predicted octanol–water partition coefficient (Wildman–Crippen LogP) is 29.2. The maximum absolute atomic E-state index is 13.1. The minimum absolute atomic E-state index is 0.0928. The number of phosphoric ester groups is 2. The van der Waals surface area contributed by atoms with E-state index in [4.69, 9.17) is 32.3 Å². The fourth-order valence-corrected chi connectivity index (χ4v) is 14.1. The van der Waals surface area contributed by atoms with Gasteiger partial charge < -0.3 is 34.2 Å². The first-order chi connectivity index (χ1) is 58.2. The molecule has 5 atom stereocenters. The third kappa shape index (κ3) is 93.2. The topological polar surface area (TPSA) is 231 Å². The molecule has 0 aliphatic rings. The average Bonchev–Trinajstić information content (AvgIpc) is 0.891. The fraction of sp³-hybridized carbons (Fsp3) is 0.673. The Hall–Kier alpha value is -5.35. The summed E-state index contributed by atoms with van der Waals surface area (Å²) in [6, 6.07) is 0. The SMILES string of the molecule is CC/C=C\C/C=C\C/C=C\C/C=C\C/C=C\C/C=C\CCCCCCCCCCCCC(=O)OCC(O)COP(=O)(O)OCC(O)COP(=O)(O)OCC(COC(=O)CCCCCCCCCCCCCCC/C=C\C/C=C\C/C=C\C/C=C\C/C=C\CC)OC(=O)CCCCCCCCCCC/C=C\C/C=C\C/C=C\C/C=C\CCCCC. The number of hydrogen-bond acceptors (Lipinski definition) is 14. The molecule has 0 aliphatic heterocycles. The van der Waals surface area contributed by atoms with E-state index in [2.05, 4.69) is 203 Å². The van der Waals surface area contributed by atoms with Crippen molar-refractivity contribution in [1.29, 1.82) is 0 Å². The first kappa shape index (κ1) is 114. The van der Waals surface area contributed by atoms with Gasteiger partial charge in [0, 0.05) is 19.3 Å². The molecule has 0 fully saturated rings. The van der Waals surface area contributed by atoms with Crippen molar-refractivity contribution < 1.29 is 75.8 Å². The van der Waals surface area contributed by atoms with Crippen LogP contribution in [0.15, 0.2) is 182 Å². The second-order valence-electron chi connectivity index (χ2n) is 31.0. The summed E-state index contributed by atoms with van der Waals surface area (Å²) in [5, 5.41) is 20.8. The molecule has 4 N–H and O–H groups in total. The number of allylic oxidation sites excluding steroid dienone is 30. The van der Waals surface area contributed by atoms with Crippen molar-refractivity contribution >= 4 is 33.6 Å². The Morgan fingerprint density at radius 2 is 0.445 bits per heavy atom. The van der Waals surface area contributed by atoms with Gasteiger partial charge in [-0.2, -0.15) is 0 Å². The lowest BCUT2D eigenvalue weighted by Gasteiger charge is -2.21. The second-order valence-corrected chi connectivity index (χ2v) is 34.0. The Labute approximate surface area is 725 Å². The normalized spacial score (nSPS) is 14.6. The number of ether oxygens (including phenoxy) is 3. The summed E-state index contributed by atoms with van der Waals surface area (Å²) in [7, 11) is -9.82. The van der Waals surface area contributed by atoms with Gasteiger partial charge >= 0.3 is 33.6 Å². The molecule has 0 aromatic rings. The number of esters is 3. The van der Waals surface area contributed by atoms with Crippen molar-refractivity contribution in [2.75, 3.05) is 39.6 Å². The summed E-state index contributed by atoms with van der Waals surface area (Å²) in [5.41, 5.74) is 0. The molecule has 0 bridgehead atoms. The number of carbonyl (C=O) groups excluding carboxylic acids is 3. The smallest absolute Gasteiger partial charge is 0.463 e. The highest BCUT2D eigenvalue weighted by molar-refractivity contribution is 7.47. The number of hydrogen-bond donors (Lipinski definition) is 4. The molecule has 0 saturated carbocycles. The van der Waals surface area contributed by atoms with Gasteiger partial charge in [0.15, 0.2) is 6.10 Å². The standard InChI is InChI=1S/C101H170O16P2/c1-4-7-10-13-16-19-22-25-28-31-34-37-40-43-45-47-49-52-54-57-60-63-66-69-72-75-78-81-84-87-99(104)111-90-96(102)91-113-118(107,108)114-92-97(103)93-115-119(109,110)116-95-98(117-101(106)89-86-83-80-77-74-71-68-65-62-59-56-51-42-39-36-33-30-27-24-21-18-15-12-9-6-3)94-112-100(105)88-85-82-79-76-73-70-67-64-61-58-55-53-50-48-46-44-41-38-35-32-29-26-23-20-17-14-11-8-5-2/h7-8,10-11,16-21,25-30,34-39,43-46,49,51-52,56,96-98,102-103H,4-6,9,12-15,22-24,31-33,40-42,47-48,50,53-55,57-95H2,1-3H3,(H,107,108)(H,109,110)/b10-7-,11-8-,19-16-,20-17-,21-18-,28-25-,29-26-,30-27-,37-34-,38-35-,39-36-,45-43-,46-44-,52-49-,56-51-. The van der Waals surface area contributed by atoms with Crippen LogP contribution >= 0.6 is 15.6 Å². The second kappa shape index (κ2) is 91.8. The number of unbranched alkanes of at least 4 members (excludes halogenated alkanes) is 35. The van der Waals surface area contributed by atoms with Gasteiger partial charge in [0.25, 0.3) is 0 Å². The molecule has 0 spiro atoms. The molecule has 0 aromatic heterocycles. The highest BCUT2D eigenvalue weighted by Gasteiger charge is 2.29. The van der Waals surface area contributed by atoms with E-state index in [9.17, 15) is 43.5 Å². The van der Waals surface area contributed by atoms with Crippen LogP contribution in [0.1, 0.15) is 380 Å². The van der Waals surface area contributed by atoms with Crippen LogP contribution < -0.4 is 0 Å². The average molecular weight is 1700 g/mol. The molecule has 119 heavy (non-hydrogen) atoms. The van der Waals surface area contributed by atoms with Gasteiger partial charge in [-0.15, -0.1) is 0 Å². The lowest BCUT2D eigenvalue weighted by Crippen LogP contribution is -2.30. The molecule has 5 unspecified atom stereocenters. The largest absolute Gasteiger partial charge is 0.472 e. The molecule has 0 amide bonds. The van der Waals surface area contributed by atoms with Crippen LogP contribution in [-0.4, -0.2) is 95.9 Å². The zero-order chi connectivity index (χ0) is 86.5. The van der Waals surface area contributed by atoms with Crippen LogP contribution in [0.4, 0.5) is 0 Å². The summed E-state index contributed by atoms with van der Waals surface area (Å²) in [6.07, 6.45) is 121. The van der Waals surface area contributed by atoms with E-state index in [1.807, 2.05) is 0 Å². The zero-order valence-electron chi connectivity index (χ0n) is 75.0. The third-order valence-electron chi connectivity index (χ3n) is 19.6. The number of carbonyl (C=O) groups is 3. The van der Waals surface area contributed by atoms with E-state index in [1.165, 1.54) is 135 Å². The minimum Gasteiger partial charge on any atom is -0.463 e. The van der Waals surface area contributed by atoms with Crippen molar-refractivity contribution in [3.63, 3.8) is 0 Å². The van der Waals surface area contributed by atoms with E-state index >= 15 is 0 Å². The summed E-state index contributed by atoms with van der Waals surface area (Å²) in [6.45, 7) is 2.46. The highest BCUT2D eigenvalue weighted by atomic mass is 31.2.